The van der Waals surface area contributed by atoms with E-state index in [0.29, 0.717) is 23.3 Å². The summed E-state index contributed by atoms with van der Waals surface area (Å²) in [5.74, 6) is 1.92. The van der Waals surface area contributed by atoms with E-state index in [2.05, 4.69) is 13.8 Å². The topological polar surface area (TPSA) is 40.9 Å². The molecule has 0 spiro atoms. The van der Waals surface area contributed by atoms with Gasteiger partial charge in [0.15, 0.2) is 0 Å². The van der Waals surface area contributed by atoms with Gasteiger partial charge in [-0.15, -0.1) is 0 Å². The van der Waals surface area contributed by atoms with Crippen molar-refractivity contribution in [3.8, 4) is 0 Å². The van der Waals surface area contributed by atoms with E-state index >= 15 is 0 Å². The predicted octanol–water partition coefficient (Wildman–Crippen LogP) is 2.74. The first-order chi connectivity index (χ1) is 5.37. The van der Waals surface area contributed by atoms with Crippen LogP contribution in [0.15, 0.2) is 0 Å². The van der Waals surface area contributed by atoms with Crippen LogP contribution in [-0.2, 0) is 9.73 Å². The molecule has 74 valence electrons. The van der Waals surface area contributed by atoms with Gasteiger partial charge in [0.05, 0.1) is 0 Å². The molecule has 0 saturated heterocycles. The van der Waals surface area contributed by atoms with Crippen molar-refractivity contribution in [1.29, 1.82) is 4.78 Å². The Morgan fingerprint density at radius 3 is 2.08 bits per heavy atom. The van der Waals surface area contributed by atoms with Crippen molar-refractivity contribution in [2.24, 2.45) is 11.8 Å². The van der Waals surface area contributed by atoms with Crippen molar-refractivity contribution in [3.63, 3.8) is 0 Å². The third-order valence-electron chi connectivity index (χ3n) is 1.85. The molecular weight excluding hydrogens is 170 g/mol. The lowest BCUT2D eigenvalue weighted by Crippen LogP contribution is -2.18. The fourth-order valence-corrected chi connectivity index (χ4v) is 3.55. The summed E-state index contributed by atoms with van der Waals surface area (Å²) in [6.07, 6.45) is 1.02. The van der Waals surface area contributed by atoms with Gasteiger partial charge in [-0.1, -0.05) is 34.1 Å². The van der Waals surface area contributed by atoms with Crippen LogP contribution in [0.3, 0.4) is 0 Å². The van der Waals surface area contributed by atoms with Crippen LogP contribution in [-0.4, -0.2) is 15.7 Å². The van der Waals surface area contributed by atoms with Gasteiger partial charge in [0.25, 0.3) is 0 Å². The van der Waals surface area contributed by atoms with Gasteiger partial charge in [-0.25, -0.2) is 4.21 Å². The molecule has 0 saturated carbocycles. The molecule has 0 aromatic rings. The van der Waals surface area contributed by atoms with E-state index in [-0.39, 0.29) is 0 Å². The maximum absolute atomic E-state index is 11.6. The van der Waals surface area contributed by atoms with Crippen molar-refractivity contribution in [2.75, 3.05) is 11.5 Å². The molecule has 0 aromatic carbocycles. The average molecular weight is 191 g/mol. The first-order valence-corrected chi connectivity index (χ1v) is 6.51. The van der Waals surface area contributed by atoms with Crippen molar-refractivity contribution in [1.82, 2.24) is 0 Å². The van der Waals surface area contributed by atoms with E-state index in [9.17, 15) is 4.21 Å². The van der Waals surface area contributed by atoms with Crippen LogP contribution in [0.4, 0.5) is 0 Å². The molecule has 2 nitrogen and oxygen atoms in total. The van der Waals surface area contributed by atoms with E-state index in [4.69, 9.17) is 4.78 Å². The summed E-state index contributed by atoms with van der Waals surface area (Å²) in [6, 6.07) is 0. The fourth-order valence-electron chi connectivity index (χ4n) is 1.18. The Labute approximate surface area is 76.7 Å². The summed E-state index contributed by atoms with van der Waals surface area (Å²) in [7, 11) is -2.29. The molecule has 0 aliphatic carbocycles. The van der Waals surface area contributed by atoms with Gasteiger partial charge in [-0.05, 0) is 11.8 Å². The van der Waals surface area contributed by atoms with Crippen molar-refractivity contribution in [2.45, 2.75) is 34.1 Å². The first-order valence-electron chi connectivity index (χ1n) is 4.61. The van der Waals surface area contributed by atoms with Crippen LogP contribution in [0, 0.1) is 16.6 Å². The van der Waals surface area contributed by atoms with Gasteiger partial charge >= 0.3 is 0 Å². The molecule has 0 rings (SSSR count). The Kier molecular flexibility index (Phi) is 4.83. The molecule has 3 heteroatoms. The zero-order valence-electron chi connectivity index (χ0n) is 8.59. The number of rotatable bonds is 5. The molecule has 12 heavy (non-hydrogen) atoms. The minimum atomic E-state index is -2.29. The quantitative estimate of drug-likeness (QED) is 0.713. The van der Waals surface area contributed by atoms with E-state index in [0.717, 1.165) is 6.42 Å². The first kappa shape index (κ1) is 11.9. The molecule has 0 amide bonds. The Morgan fingerprint density at radius 2 is 1.75 bits per heavy atom. The van der Waals surface area contributed by atoms with Crippen molar-refractivity contribution < 1.29 is 4.21 Å². The highest BCUT2D eigenvalue weighted by Crippen LogP contribution is 2.09. The minimum absolute atomic E-state index is 0.374. The summed E-state index contributed by atoms with van der Waals surface area (Å²) in [6.45, 7) is 8.18. The fraction of sp³-hybridized carbons (Fsp3) is 1.00. The zero-order valence-corrected chi connectivity index (χ0v) is 9.41. The average Bonchev–Trinajstić information content (AvgIpc) is 1.83. The van der Waals surface area contributed by atoms with E-state index < -0.39 is 9.73 Å². The molecular formula is C9H21NOS. The maximum Gasteiger partial charge on any atom is 0.0446 e. The highest BCUT2D eigenvalue weighted by Gasteiger charge is 2.12. The maximum atomic E-state index is 11.6. The Bertz CT molecular complexity index is 207. The molecule has 0 aliphatic rings. The third-order valence-corrected chi connectivity index (χ3v) is 4.17. The summed E-state index contributed by atoms with van der Waals surface area (Å²) in [4.78, 5) is 0. The minimum Gasteiger partial charge on any atom is -0.253 e. The van der Waals surface area contributed by atoms with Crippen LogP contribution in [0.5, 0.6) is 0 Å². The van der Waals surface area contributed by atoms with Crippen LogP contribution in [0.25, 0.3) is 0 Å². The summed E-state index contributed by atoms with van der Waals surface area (Å²) < 4.78 is 19.3. The molecule has 0 aromatic heterocycles. The van der Waals surface area contributed by atoms with Crippen molar-refractivity contribution in [3.05, 3.63) is 0 Å². The molecule has 0 heterocycles. The van der Waals surface area contributed by atoms with Gasteiger partial charge in [0.1, 0.15) is 0 Å². The largest absolute Gasteiger partial charge is 0.253 e. The van der Waals surface area contributed by atoms with Crippen LogP contribution >= 0.6 is 0 Å². The Balaban J connectivity index is 4.05. The van der Waals surface area contributed by atoms with Crippen LogP contribution in [0.2, 0.25) is 0 Å². The summed E-state index contributed by atoms with van der Waals surface area (Å²) in [5.41, 5.74) is 0. The van der Waals surface area contributed by atoms with Crippen LogP contribution < -0.4 is 0 Å². The molecule has 0 radical (unpaired) electrons. The summed E-state index contributed by atoms with van der Waals surface area (Å²) in [5, 5.41) is 0. The monoisotopic (exact) mass is 191 g/mol. The lowest BCUT2D eigenvalue weighted by molar-refractivity contribution is 0.602. The Hall–Kier alpha value is -0.0500. The molecule has 0 unspecified atom stereocenters. The highest BCUT2D eigenvalue weighted by molar-refractivity contribution is 7.92. The van der Waals surface area contributed by atoms with Crippen LogP contribution in [0.1, 0.15) is 34.1 Å². The molecule has 0 bridgehead atoms. The highest BCUT2D eigenvalue weighted by atomic mass is 32.2. The van der Waals surface area contributed by atoms with Gasteiger partial charge in [0, 0.05) is 21.2 Å². The Morgan fingerprint density at radius 1 is 1.25 bits per heavy atom. The second kappa shape index (κ2) is 4.85. The SMILES string of the molecule is CC[C@H](C)C[S@](=N)(=O)CC(C)C. The van der Waals surface area contributed by atoms with Gasteiger partial charge in [-0.3, -0.25) is 4.78 Å². The normalized spacial score (nSPS) is 19.1. The molecule has 0 aliphatic heterocycles. The lowest BCUT2D eigenvalue weighted by Gasteiger charge is -2.13. The van der Waals surface area contributed by atoms with Gasteiger partial charge in [0.2, 0.25) is 0 Å². The smallest absolute Gasteiger partial charge is 0.0446 e. The van der Waals surface area contributed by atoms with E-state index in [1.54, 1.807) is 0 Å². The molecule has 2 atom stereocenters. The van der Waals surface area contributed by atoms with E-state index in [1.165, 1.54) is 0 Å². The summed E-state index contributed by atoms with van der Waals surface area (Å²) >= 11 is 0. The second-order valence-electron chi connectivity index (χ2n) is 4.05. The van der Waals surface area contributed by atoms with Crippen molar-refractivity contribution >= 4 is 9.73 Å². The molecule has 1 N–H and O–H groups in total. The number of hydrogen-bond donors (Lipinski definition) is 1. The predicted molar refractivity (Wildman–Crippen MR) is 54.9 cm³/mol. The van der Waals surface area contributed by atoms with Gasteiger partial charge < -0.3 is 0 Å². The van der Waals surface area contributed by atoms with Gasteiger partial charge in [-0.2, -0.15) is 0 Å². The standard InChI is InChI=1S/C9H21NOS/c1-5-9(4)7-12(10,11)6-8(2)3/h8-10H,5-7H2,1-4H3/t9-,12+/m0/s1. The zero-order chi connectivity index (χ0) is 9.78. The van der Waals surface area contributed by atoms with E-state index in [1.807, 2.05) is 13.8 Å². The number of nitrogens with one attached hydrogen (secondary N) is 1. The molecule has 0 fully saturated rings. The number of hydrogen-bond acceptors (Lipinski definition) is 2. The second-order valence-corrected chi connectivity index (χ2v) is 6.34. The third kappa shape index (κ3) is 5.58. The lowest BCUT2D eigenvalue weighted by atomic mass is 10.2.